The third kappa shape index (κ3) is 2.77. The molecule has 0 bridgehead atoms. The van der Waals surface area contributed by atoms with E-state index in [4.69, 9.17) is 19.7 Å². The Balaban J connectivity index is 1.99. The molecule has 2 fully saturated rings. The Bertz CT molecular complexity index is 778. The fraction of sp³-hybridized carbons (Fsp3) is 0.692. The molecule has 0 aromatic carbocycles. The van der Waals surface area contributed by atoms with Crippen LogP contribution in [0.1, 0.15) is 25.6 Å². The number of aromatic nitrogens is 2. The van der Waals surface area contributed by atoms with Crippen LogP contribution in [0.2, 0.25) is 0 Å². The van der Waals surface area contributed by atoms with Gasteiger partial charge in [0.15, 0.2) is 12.0 Å². The summed E-state index contributed by atoms with van der Waals surface area (Å²) in [5, 5.41) is 3.52. The average Bonchev–Trinajstić information content (AvgIpc) is 2.94. The first kappa shape index (κ1) is 15.8. The Morgan fingerprint density at radius 2 is 2.09 bits per heavy atom. The Hall–Kier alpha value is -2.13. The minimum absolute atomic E-state index is 0.0602. The summed E-state index contributed by atoms with van der Waals surface area (Å²) >= 11 is 0. The molecule has 1 N–H and O–H groups in total. The monoisotopic (exact) mass is 323 g/mol. The number of aryl methyl sites for hydroxylation is 1. The molecule has 0 radical (unpaired) electrons. The van der Waals surface area contributed by atoms with Crippen molar-refractivity contribution >= 4 is 0 Å². The zero-order valence-electron chi connectivity index (χ0n) is 12.9. The number of azide groups is 1. The molecule has 3 heterocycles. The van der Waals surface area contributed by atoms with E-state index in [0.29, 0.717) is 5.56 Å². The molecule has 2 unspecified atom stereocenters. The lowest BCUT2D eigenvalue weighted by molar-refractivity contribution is -0.196. The third-order valence-electron chi connectivity index (χ3n) is 3.87. The summed E-state index contributed by atoms with van der Waals surface area (Å²) in [5.74, 6) is -0.840. The van der Waals surface area contributed by atoms with E-state index in [1.54, 1.807) is 20.8 Å². The van der Waals surface area contributed by atoms with E-state index in [1.807, 2.05) is 0 Å². The number of rotatable bonds is 3. The maximum absolute atomic E-state index is 12.1. The topological polar surface area (TPSA) is 131 Å². The van der Waals surface area contributed by atoms with Crippen LogP contribution in [0, 0.1) is 6.92 Å². The Morgan fingerprint density at radius 3 is 2.78 bits per heavy atom. The van der Waals surface area contributed by atoms with Crippen molar-refractivity contribution in [3.8, 4) is 0 Å². The zero-order chi connectivity index (χ0) is 16.8. The number of hydrogen-bond acceptors (Lipinski definition) is 6. The number of nitrogens with zero attached hydrogens (tertiary/aromatic N) is 4. The van der Waals surface area contributed by atoms with Crippen molar-refractivity contribution in [1.29, 1.82) is 0 Å². The summed E-state index contributed by atoms with van der Waals surface area (Å²) in [6.45, 7) is 5.17. The van der Waals surface area contributed by atoms with Crippen molar-refractivity contribution < 1.29 is 14.2 Å². The van der Waals surface area contributed by atoms with E-state index in [0.717, 1.165) is 0 Å². The van der Waals surface area contributed by atoms with Gasteiger partial charge in [0.25, 0.3) is 5.56 Å². The quantitative estimate of drug-likeness (QED) is 0.493. The molecule has 124 valence electrons. The van der Waals surface area contributed by atoms with Gasteiger partial charge in [-0.05, 0) is 26.3 Å². The van der Waals surface area contributed by atoms with E-state index >= 15 is 0 Å². The van der Waals surface area contributed by atoms with Crippen LogP contribution in [-0.2, 0) is 14.2 Å². The van der Waals surface area contributed by atoms with Crippen LogP contribution in [0.25, 0.3) is 10.4 Å². The van der Waals surface area contributed by atoms with Crippen LogP contribution in [-0.4, -0.2) is 40.2 Å². The number of H-pyrrole nitrogens is 1. The van der Waals surface area contributed by atoms with Gasteiger partial charge in [-0.25, -0.2) is 4.79 Å². The molecule has 0 aliphatic carbocycles. The van der Waals surface area contributed by atoms with Gasteiger partial charge in [0, 0.05) is 16.7 Å². The summed E-state index contributed by atoms with van der Waals surface area (Å²) in [4.78, 5) is 28.6. The fourth-order valence-electron chi connectivity index (χ4n) is 2.92. The van der Waals surface area contributed by atoms with E-state index in [2.05, 4.69) is 15.0 Å². The van der Waals surface area contributed by atoms with E-state index < -0.39 is 41.6 Å². The number of ether oxygens (including phenoxy) is 3. The summed E-state index contributed by atoms with van der Waals surface area (Å²) in [6, 6.07) is 0. The van der Waals surface area contributed by atoms with Crippen molar-refractivity contribution in [3.05, 3.63) is 43.0 Å². The van der Waals surface area contributed by atoms with Crippen molar-refractivity contribution in [2.24, 2.45) is 5.11 Å². The Kier molecular flexibility index (Phi) is 3.77. The van der Waals surface area contributed by atoms with E-state index in [-0.39, 0.29) is 6.54 Å². The molecule has 2 aliphatic heterocycles. The van der Waals surface area contributed by atoms with Gasteiger partial charge in [0.2, 0.25) is 0 Å². The Morgan fingerprint density at radius 1 is 1.39 bits per heavy atom. The number of hydrogen-bond donors (Lipinski definition) is 1. The minimum Gasteiger partial charge on any atom is -0.349 e. The van der Waals surface area contributed by atoms with E-state index in [9.17, 15) is 9.59 Å². The lowest BCUT2D eigenvalue weighted by Gasteiger charge is -2.24. The predicted molar refractivity (Wildman–Crippen MR) is 77.8 cm³/mol. The summed E-state index contributed by atoms with van der Waals surface area (Å²) in [7, 11) is 0. The van der Waals surface area contributed by atoms with Crippen LogP contribution in [0.5, 0.6) is 0 Å². The molecule has 0 spiro atoms. The van der Waals surface area contributed by atoms with Gasteiger partial charge in [0.1, 0.15) is 12.2 Å². The van der Waals surface area contributed by atoms with Crippen molar-refractivity contribution in [3.63, 3.8) is 0 Å². The van der Waals surface area contributed by atoms with Gasteiger partial charge in [0.05, 0.1) is 12.6 Å². The van der Waals surface area contributed by atoms with Gasteiger partial charge < -0.3 is 14.2 Å². The largest absolute Gasteiger partial charge is 0.349 e. The van der Waals surface area contributed by atoms with Crippen molar-refractivity contribution in [2.45, 2.75) is 51.1 Å². The maximum Gasteiger partial charge on any atom is 0.330 e. The minimum atomic E-state index is -0.840. The molecular weight excluding hydrogens is 306 g/mol. The summed E-state index contributed by atoms with van der Waals surface area (Å²) in [5.41, 5.74) is 7.83. The molecule has 1 aromatic rings. The highest BCUT2D eigenvalue weighted by atomic mass is 16.8. The molecule has 3 rings (SSSR count). The second kappa shape index (κ2) is 5.50. The van der Waals surface area contributed by atoms with Crippen LogP contribution in [0.4, 0.5) is 0 Å². The maximum atomic E-state index is 12.1. The average molecular weight is 323 g/mol. The molecule has 4 atom stereocenters. The second-order valence-corrected chi connectivity index (χ2v) is 6.02. The first-order valence-corrected chi connectivity index (χ1v) is 7.16. The molecule has 0 amide bonds. The number of fused-ring (bicyclic) bond motifs is 1. The predicted octanol–water partition coefficient (Wildman–Crippen LogP) is 0.573. The Labute approximate surface area is 130 Å². The van der Waals surface area contributed by atoms with Gasteiger partial charge in [-0.3, -0.25) is 14.3 Å². The highest BCUT2D eigenvalue weighted by molar-refractivity contribution is 5.04. The van der Waals surface area contributed by atoms with Crippen LogP contribution in [0.3, 0.4) is 0 Å². The smallest absolute Gasteiger partial charge is 0.330 e. The van der Waals surface area contributed by atoms with E-state index in [1.165, 1.54) is 10.8 Å². The van der Waals surface area contributed by atoms with Crippen molar-refractivity contribution in [2.75, 3.05) is 6.54 Å². The molecule has 1 aromatic heterocycles. The third-order valence-corrected chi connectivity index (χ3v) is 3.87. The normalized spacial score (nSPS) is 31.6. The van der Waals surface area contributed by atoms with Gasteiger partial charge in [-0.15, -0.1) is 0 Å². The molecule has 2 aliphatic rings. The highest BCUT2D eigenvalue weighted by Gasteiger charge is 2.55. The lowest BCUT2D eigenvalue weighted by Crippen LogP contribution is -2.38. The molecule has 10 heteroatoms. The van der Waals surface area contributed by atoms with Gasteiger partial charge >= 0.3 is 5.69 Å². The summed E-state index contributed by atoms with van der Waals surface area (Å²) < 4.78 is 18.7. The lowest BCUT2D eigenvalue weighted by atomic mass is 10.1. The van der Waals surface area contributed by atoms with Crippen molar-refractivity contribution in [1.82, 2.24) is 9.55 Å². The number of aromatic amines is 1. The number of nitrogens with one attached hydrogen (secondary N) is 1. The van der Waals surface area contributed by atoms with Crippen LogP contribution in [0.15, 0.2) is 20.9 Å². The molecule has 23 heavy (non-hydrogen) atoms. The zero-order valence-corrected chi connectivity index (χ0v) is 12.9. The van der Waals surface area contributed by atoms with Crippen LogP contribution >= 0.6 is 0 Å². The standard InChI is InChI=1S/C13H17N5O5/c1-6-5-18(12(20)16-10(6)19)11-9-8(22-13(2,3)23-9)7(21-11)4-15-17-14/h5,7-9,11H,4H2,1-3H3,(H,16,19,20)/t7-,8?,9?,11-/m1/s1. The fourth-order valence-corrected chi connectivity index (χ4v) is 2.92. The SMILES string of the molecule is Cc1cn([C@@H]2O[C@H](CN=[N+]=[N-])C3OC(C)(C)OC32)c(=O)[nH]c1=O. The molecule has 0 saturated carbocycles. The molecular formula is C13H17N5O5. The summed E-state index contributed by atoms with van der Waals surface area (Å²) in [6.07, 6.45) is -0.912. The molecule has 2 saturated heterocycles. The first-order valence-electron chi connectivity index (χ1n) is 7.16. The highest BCUT2D eigenvalue weighted by Crippen LogP contribution is 2.42. The second-order valence-electron chi connectivity index (χ2n) is 6.02. The van der Waals surface area contributed by atoms with Gasteiger partial charge in [-0.1, -0.05) is 5.11 Å². The molecule has 10 nitrogen and oxygen atoms in total. The first-order chi connectivity index (χ1) is 10.8. The van der Waals surface area contributed by atoms with Crippen LogP contribution < -0.4 is 11.2 Å². The van der Waals surface area contributed by atoms with Gasteiger partial charge in [-0.2, -0.15) is 0 Å².